The normalized spacial score (nSPS) is 13.8. The van der Waals surface area contributed by atoms with Gasteiger partial charge in [-0.3, -0.25) is 4.79 Å². The summed E-state index contributed by atoms with van der Waals surface area (Å²) in [5.74, 6) is 0.0492. The lowest BCUT2D eigenvalue weighted by molar-refractivity contribution is 0.0991. The molecule has 5 heteroatoms. The van der Waals surface area contributed by atoms with Gasteiger partial charge in [0.2, 0.25) is 0 Å². The van der Waals surface area contributed by atoms with Crippen molar-refractivity contribution in [2.75, 3.05) is 0 Å². The lowest BCUT2D eigenvalue weighted by Gasteiger charge is -2.16. The Morgan fingerprint density at radius 3 is 2.10 bits per heavy atom. The second kappa shape index (κ2) is 7.34. The third kappa shape index (κ3) is 4.03. The minimum Gasteiger partial charge on any atom is -0.293 e. The molecule has 2 rings (SSSR count). The number of carbonyl (C=O) groups excluding carboxylic acids is 1. The van der Waals surface area contributed by atoms with Crippen LogP contribution in [0, 0.1) is 0 Å². The quantitative estimate of drug-likeness (QED) is 0.338. The Kier molecular flexibility index (Phi) is 6.02. The van der Waals surface area contributed by atoms with Gasteiger partial charge in [-0.25, -0.2) is 0 Å². The van der Waals surface area contributed by atoms with E-state index in [2.05, 4.69) is 63.7 Å². The van der Waals surface area contributed by atoms with Crippen LogP contribution in [0.5, 0.6) is 0 Å². The molecule has 0 saturated heterocycles. The van der Waals surface area contributed by atoms with Crippen molar-refractivity contribution in [1.29, 1.82) is 0 Å². The second-order valence-electron chi connectivity index (χ2n) is 4.23. The first-order chi connectivity index (χ1) is 9.49. The predicted octanol–water partition coefficient (Wildman–Crippen LogP) is 6.29. The fourth-order valence-corrected chi connectivity index (χ4v) is 3.69. The van der Waals surface area contributed by atoms with E-state index < -0.39 is 0 Å². The summed E-state index contributed by atoms with van der Waals surface area (Å²) < 4.78 is 1.89. The predicted molar refractivity (Wildman–Crippen MR) is 97.0 cm³/mol. The molecule has 2 atom stereocenters. The molecule has 0 amide bonds. The monoisotopic (exact) mass is 522 g/mol. The number of hydrogen-bond donors (Lipinski definition) is 0. The maximum absolute atomic E-state index is 12.5. The van der Waals surface area contributed by atoms with Crippen LogP contribution < -0.4 is 0 Å². The minimum atomic E-state index is -0.328. The van der Waals surface area contributed by atoms with Gasteiger partial charge in [0.05, 0.1) is 9.65 Å². The van der Waals surface area contributed by atoms with Gasteiger partial charge in [-0.1, -0.05) is 88.0 Å². The third-order valence-electron chi connectivity index (χ3n) is 2.78. The SMILES string of the molecule is O=C(c1cccc(Br)c1)[C@@H](Br)[C@H](Br)c1cccc(Br)c1. The lowest BCUT2D eigenvalue weighted by Crippen LogP contribution is -2.19. The van der Waals surface area contributed by atoms with Crippen LogP contribution in [0.25, 0.3) is 0 Å². The topological polar surface area (TPSA) is 17.1 Å². The first-order valence-corrected chi connectivity index (χ1v) is 9.24. The number of benzene rings is 2. The second-order valence-corrected chi connectivity index (χ2v) is 8.04. The highest BCUT2D eigenvalue weighted by Gasteiger charge is 2.26. The van der Waals surface area contributed by atoms with Crippen molar-refractivity contribution in [3.05, 3.63) is 68.6 Å². The van der Waals surface area contributed by atoms with E-state index in [0.717, 1.165) is 14.5 Å². The fourth-order valence-electron chi connectivity index (χ4n) is 1.78. The van der Waals surface area contributed by atoms with Crippen LogP contribution in [-0.2, 0) is 0 Å². The van der Waals surface area contributed by atoms with Crippen molar-refractivity contribution in [3.63, 3.8) is 0 Å². The molecule has 0 bridgehead atoms. The molecule has 0 spiro atoms. The van der Waals surface area contributed by atoms with E-state index in [4.69, 9.17) is 0 Å². The van der Waals surface area contributed by atoms with Crippen LogP contribution >= 0.6 is 63.7 Å². The van der Waals surface area contributed by atoms with Crippen LogP contribution in [0.3, 0.4) is 0 Å². The van der Waals surface area contributed by atoms with Gasteiger partial charge in [-0.05, 0) is 29.8 Å². The smallest absolute Gasteiger partial charge is 0.177 e. The molecule has 0 aliphatic heterocycles. The summed E-state index contributed by atoms with van der Waals surface area (Å²) in [5.41, 5.74) is 1.73. The molecule has 0 aliphatic rings. The van der Waals surface area contributed by atoms with E-state index in [1.807, 2.05) is 48.5 Å². The van der Waals surface area contributed by atoms with Crippen LogP contribution in [0.1, 0.15) is 20.7 Å². The van der Waals surface area contributed by atoms with Crippen LogP contribution in [0.4, 0.5) is 0 Å². The number of hydrogen-bond acceptors (Lipinski definition) is 1. The molecule has 0 saturated carbocycles. The number of Topliss-reactive ketones (excluding diaryl/α,β-unsaturated/α-hetero) is 1. The summed E-state index contributed by atoms with van der Waals surface area (Å²) in [6.07, 6.45) is 0. The summed E-state index contributed by atoms with van der Waals surface area (Å²) in [6, 6.07) is 15.3. The maximum atomic E-state index is 12.5. The Balaban J connectivity index is 2.22. The van der Waals surface area contributed by atoms with Gasteiger partial charge >= 0.3 is 0 Å². The van der Waals surface area contributed by atoms with Gasteiger partial charge in [0.25, 0.3) is 0 Å². The molecule has 0 N–H and O–H groups in total. The highest BCUT2D eigenvalue weighted by atomic mass is 79.9. The standard InChI is InChI=1S/C15H10Br4O/c16-11-5-1-3-9(7-11)13(18)14(19)15(20)10-4-2-6-12(17)8-10/h1-8,13-14H/t13-,14+/m1/s1. The minimum absolute atomic E-state index is 0.0492. The van der Waals surface area contributed by atoms with Gasteiger partial charge in [0.1, 0.15) is 0 Å². The number of halogens is 4. The van der Waals surface area contributed by atoms with Crippen molar-refractivity contribution in [3.8, 4) is 0 Å². The summed E-state index contributed by atoms with van der Waals surface area (Å²) >= 11 is 13.9. The molecule has 0 heterocycles. The first-order valence-electron chi connectivity index (χ1n) is 5.82. The average molecular weight is 526 g/mol. The molecule has 0 unspecified atom stereocenters. The van der Waals surface area contributed by atoms with Gasteiger partial charge < -0.3 is 0 Å². The van der Waals surface area contributed by atoms with E-state index in [-0.39, 0.29) is 15.4 Å². The van der Waals surface area contributed by atoms with Crippen molar-refractivity contribution >= 4 is 69.5 Å². The highest BCUT2D eigenvalue weighted by molar-refractivity contribution is 9.12. The molecule has 2 aromatic carbocycles. The van der Waals surface area contributed by atoms with E-state index in [1.54, 1.807) is 0 Å². The Morgan fingerprint density at radius 2 is 1.50 bits per heavy atom. The Labute approximate surface area is 151 Å². The maximum Gasteiger partial charge on any atom is 0.177 e. The summed E-state index contributed by atoms with van der Waals surface area (Å²) in [4.78, 5) is 12.1. The van der Waals surface area contributed by atoms with Crippen LogP contribution in [0.2, 0.25) is 0 Å². The summed E-state index contributed by atoms with van der Waals surface area (Å²) in [7, 11) is 0. The molecule has 0 aromatic heterocycles. The van der Waals surface area contributed by atoms with E-state index in [1.165, 1.54) is 0 Å². The zero-order chi connectivity index (χ0) is 14.7. The van der Waals surface area contributed by atoms with Gasteiger partial charge in [0.15, 0.2) is 5.78 Å². The van der Waals surface area contributed by atoms with Crippen molar-refractivity contribution < 1.29 is 4.79 Å². The Morgan fingerprint density at radius 1 is 0.900 bits per heavy atom. The molecule has 0 aliphatic carbocycles. The number of alkyl halides is 2. The fraction of sp³-hybridized carbons (Fsp3) is 0.133. The van der Waals surface area contributed by atoms with Gasteiger partial charge in [0, 0.05) is 14.5 Å². The average Bonchev–Trinajstić information content (AvgIpc) is 2.45. The van der Waals surface area contributed by atoms with Crippen molar-refractivity contribution in [2.24, 2.45) is 0 Å². The van der Waals surface area contributed by atoms with Crippen molar-refractivity contribution in [1.82, 2.24) is 0 Å². The Hall–Kier alpha value is 0.0300. The highest BCUT2D eigenvalue weighted by Crippen LogP contribution is 2.34. The van der Waals surface area contributed by atoms with E-state index in [9.17, 15) is 4.79 Å². The van der Waals surface area contributed by atoms with E-state index in [0.29, 0.717) is 5.56 Å². The lowest BCUT2D eigenvalue weighted by atomic mass is 10.0. The molecule has 104 valence electrons. The van der Waals surface area contributed by atoms with Crippen molar-refractivity contribution in [2.45, 2.75) is 9.65 Å². The molecular weight excluding hydrogens is 516 g/mol. The first kappa shape index (κ1) is 16.4. The molecule has 0 fully saturated rings. The Bertz CT molecular complexity index is 627. The largest absolute Gasteiger partial charge is 0.293 e. The third-order valence-corrected chi connectivity index (χ3v) is 6.48. The molecule has 2 aromatic rings. The van der Waals surface area contributed by atoms with Crippen LogP contribution in [0.15, 0.2) is 57.5 Å². The number of rotatable bonds is 4. The molecular formula is C15H10Br4O. The zero-order valence-corrected chi connectivity index (χ0v) is 16.5. The summed E-state index contributed by atoms with van der Waals surface area (Å²) in [6.45, 7) is 0. The van der Waals surface area contributed by atoms with Crippen LogP contribution in [-0.4, -0.2) is 10.6 Å². The zero-order valence-electron chi connectivity index (χ0n) is 10.2. The van der Waals surface area contributed by atoms with E-state index >= 15 is 0 Å². The van der Waals surface area contributed by atoms with Gasteiger partial charge in [-0.2, -0.15) is 0 Å². The molecule has 1 nitrogen and oxygen atoms in total. The number of carbonyl (C=O) groups is 1. The molecule has 20 heavy (non-hydrogen) atoms. The molecule has 0 radical (unpaired) electrons. The number of ketones is 1. The summed E-state index contributed by atoms with van der Waals surface area (Å²) in [5, 5.41) is 0. The van der Waals surface area contributed by atoms with Gasteiger partial charge in [-0.15, -0.1) is 0 Å².